The van der Waals surface area contributed by atoms with E-state index in [4.69, 9.17) is 0 Å². The molecule has 1 amide bonds. The summed E-state index contributed by atoms with van der Waals surface area (Å²) in [6.07, 6.45) is 6.30. The minimum absolute atomic E-state index is 0.113. The standard InChI is InChI=1S/C13H17N3O/c1-2-3-7-13(17)14-9-11-10-15-16-8-5-4-6-12(11)16/h4-6,8,10H,2-3,7,9H2,1H3,(H,14,17). The maximum Gasteiger partial charge on any atom is 0.220 e. The van der Waals surface area contributed by atoms with Crippen LogP contribution < -0.4 is 5.32 Å². The van der Waals surface area contributed by atoms with Gasteiger partial charge in [0.2, 0.25) is 5.91 Å². The van der Waals surface area contributed by atoms with E-state index < -0.39 is 0 Å². The third-order valence-electron chi connectivity index (χ3n) is 2.74. The van der Waals surface area contributed by atoms with E-state index in [9.17, 15) is 4.79 Å². The summed E-state index contributed by atoms with van der Waals surface area (Å²) < 4.78 is 1.81. The quantitative estimate of drug-likeness (QED) is 0.857. The van der Waals surface area contributed by atoms with Gasteiger partial charge in [-0.2, -0.15) is 5.10 Å². The number of hydrogen-bond donors (Lipinski definition) is 1. The lowest BCUT2D eigenvalue weighted by molar-refractivity contribution is -0.121. The summed E-state index contributed by atoms with van der Waals surface area (Å²) in [6.45, 7) is 2.63. The second-order valence-electron chi connectivity index (χ2n) is 4.08. The molecule has 2 rings (SSSR count). The zero-order valence-corrected chi connectivity index (χ0v) is 10.0. The molecule has 0 bridgehead atoms. The predicted octanol–water partition coefficient (Wildman–Crippen LogP) is 2.14. The Labute approximate surface area is 101 Å². The lowest BCUT2D eigenvalue weighted by Gasteiger charge is -2.03. The van der Waals surface area contributed by atoms with Crippen LogP contribution in [0.25, 0.3) is 5.52 Å². The number of nitrogens with one attached hydrogen (secondary N) is 1. The molecule has 0 atom stereocenters. The molecule has 90 valence electrons. The van der Waals surface area contributed by atoms with Gasteiger partial charge in [-0.1, -0.05) is 19.4 Å². The van der Waals surface area contributed by atoms with Crippen LogP contribution in [0.3, 0.4) is 0 Å². The highest BCUT2D eigenvalue weighted by Crippen LogP contribution is 2.09. The molecular weight excluding hydrogens is 214 g/mol. The summed E-state index contributed by atoms with van der Waals surface area (Å²) in [5.74, 6) is 0.113. The van der Waals surface area contributed by atoms with Crippen molar-refractivity contribution in [2.45, 2.75) is 32.7 Å². The van der Waals surface area contributed by atoms with E-state index in [1.165, 1.54) is 0 Å². The Morgan fingerprint density at radius 2 is 2.35 bits per heavy atom. The highest BCUT2D eigenvalue weighted by atomic mass is 16.1. The van der Waals surface area contributed by atoms with E-state index in [0.717, 1.165) is 23.9 Å². The van der Waals surface area contributed by atoms with E-state index in [1.807, 2.05) is 28.9 Å². The number of fused-ring (bicyclic) bond motifs is 1. The molecule has 0 aliphatic heterocycles. The van der Waals surface area contributed by atoms with Crippen LogP contribution in [0.2, 0.25) is 0 Å². The topological polar surface area (TPSA) is 46.4 Å². The Kier molecular flexibility index (Phi) is 3.75. The Morgan fingerprint density at radius 1 is 1.47 bits per heavy atom. The predicted molar refractivity (Wildman–Crippen MR) is 66.6 cm³/mol. The fourth-order valence-electron chi connectivity index (χ4n) is 1.74. The van der Waals surface area contributed by atoms with Crippen molar-refractivity contribution in [3.05, 3.63) is 36.2 Å². The normalized spacial score (nSPS) is 10.6. The van der Waals surface area contributed by atoms with Crippen molar-refractivity contribution >= 4 is 11.4 Å². The van der Waals surface area contributed by atoms with Gasteiger partial charge in [-0.3, -0.25) is 4.79 Å². The van der Waals surface area contributed by atoms with E-state index in [2.05, 4.69) is 17.3 Å². The second kappa shape index (κ2) is 5.48. The minimum atomic E-state index is 0.113. The molecule has 0 saturated heterocycles. The number of rotatable bonds is 5. The van der Waals surface area contributed by atoms with Crippen molar-refractivity contribution in [3.63, 3.8) is 0 Å². The summed E-state index contributed by atoms with van der Waals surface area (Å²) in [7, 11) is 0. The summed E-state index contributed by atoms with van der Waals surface area (Å²) in [5.41, 5.74) is 2.10. The number of amides is 1. The van der Waals surface area contributed by atoms with Crippen LogP contribution in [0.4, 0.5) is 0 Å². The SMILES string of the molecule is CCCCC(=O)NCc1cnn2ccccc12. The number of carbonyl (C=O) groups is 1. The Hall–Kier alpha value is -1.84. The number of carbonyl (C=O) groups excluding carboxylic acids is 1. The molecule has 0 radical (unpaired) electrons. The van der Waals surface area contributed by atoms with Gasteiger partial charge in [0.25, 0.3) is 0 Å². The van der Waals surface area contributed by atoms with Crippen LogP contribution in [0, 0.1) is 0 Å². The van der Waals surface area contributed by atoms with Crippen molar-refractivity contribution in [2.75, 3.05) is 0 Å². The van der Waals surface area contributed by atoms with Crippen LogP contribution in [-0.4, -0.2) is 15.5 Å². The van der Waals surface area contributed by atoms with Crippen LogP contribution in [0.15, 0.2) is 30.6 Å². The monoisotopic (exact) mass is 231 g/mol. The van der Waals surface area contributed by atoms with Gasteiger partial charge < -0.3 is 5.32 Å². The van der Waals surface area contributed by atoms with Crippen LogP contribution >= 0.6 is 0 Å². The van der Waals surface area contributed by atoms with Crippen LogP contribution in [0.5, 0.6) is 0 Å². The largest absolute Gasteiger partial charge is 0.352 e. The maximum atomic E-state index is 11.5. The molecule has 4 heteroatoms. The fourth-order valence-corrected chi connectivity index (χ4v) is 1.74. The van der Waals surface area contributed by atoms with Gasteiger partial charge in [-0.05, 0) is 18.6 Å². The first kappa shape index (κ1) is 11.6. The molecular formula is C13H17N3O. The third-order valence-corrected chi connectivity index (χ3v) is 2.74. The van der Waals surface area contributed by atoms with Crippen molar-refractivity contribution < 1.29 is 4.79 Å². The average Bonchev–Trinajstić information content (AvgIpc) is 2.77. The highest BCUT2D eigenvalue weighted by molar-refractivity contribution is 5.76. The van der Waals surface area contributed by atoms with E-state index in [-0.39, 0.29) is 5.91 Å². The maximum absolute atomic E-state index is 11.5. The Balaban J connectivity index is 1.97. The van der Waals surface area contributed by atoms with Gasteiger partial charge in [0, 0.05) is 24.7 Å². The molecule has 4 nitrogen and oxygen atoms in total. The summed E-state index contributed by atoms with van der Waals surface area (Å²) >= 11 is 0. The molecule has 17 heavy (non-hydrogen) atoms. The number of nitrogens with zero attached hydrogens (tertiary/aromatic N) is 2. The molecule has 1 N–H and O–H groups in total. The highest BCUT2D eigenvalue weighted by Gasteiger charge is 2.05. The fraction of sp³-hybridized carbons (Fsp3) is 0.385. The molecule has 0 aliphatic rings. The molecule has 0 saturated carbocycles. The second-order valence-corrected chi connectivity index (χ2v) is 4.08. The van der Waals surface area contributed by atoms with Crippen molar-refractivity contribution in [1.29, 1.82) is 0 Å². The molecule has 0 spiro atoms. The van der Waals surface area contributed by atoms with E-state index in [1.54, 1.807) is 6.20 Å². The molecule has 0 fully saturated rings. The zero-order valence-electron chi connectivity index (χ0n) is 10.0. The lowest BCUT2D eigenvalue weighted by atomic mass is 10.2. The number of unbranched alkanes of at least 4 members (excludes halogenated alkanes) is 1. The minimum Gasteiger partial charge on any atom is -0.352 e. The van der Waals surface area contributed by atoms with Gasteiger partial charge in [0.1, 0.15) is 0 Å². The summed E-state index contributed by atoms with van der Waals surface area (Å²) in [4.78, 5) is 11.5. The van der Waals surface area contributed by atoms with Gasteiger partial charge in [-0.25, -0.2) is 4.52 Å². The van der Waals surface area contributed by atoms with E-state index >= 15 is 0 Å². The number of aromatic nitrogens is 2. The first-order valence-electron chi connectivity index (χ1n) is 5.99. The summed E-state index contributed by atoms with van der Waals surface area (Å²) in [5, 5.41) is 7.14. The third kappa shape index (κ3) is 2.84. The van der Waals surface area contributed by atoms with E-state index in [0.29, 0.717) is 13.0 Å². The Morgan fingerprint density at radius 3 is 3.18 bits per heavy atom. The average molecular weight is 231 g/mol. The van der Waals surface area contributed by atoms with Crippen molar-refractivity contribution in [2.24, 2.45) is 0 Å². The lowest BCUT2D eigenvalue weighted by Crippen LogP contribution is -2.22. The molecule has 2 aromatic rings. The summed E-state index contributed by atoms with van der Waals surface area (Å²) in [6, 6.07) is 5.91. The van der Waals surface area contributed by atoms with Crippen molar-refractivity contribution in [1.82, 2.24) is 14.9 Å². The van der Waals surface area contributed by atoms with Gasteiger partial charge >= 0.3 is 0 Å². The number of pyridine rings is 1. The first-order valence-corrected chi connectivity index (χ1v) is 5.99. The molecule has 2 aromatic heterocycles. The van der Waals surface area contributed by atoms with Gasteiger partial charge in [0.05, 0.1) is 11.7 Å². The first-order chi connectivity index (χ1) is 8.31. The zero-order chi connectivity index (χ0) is 12.1. The molecule has 0 aromatic carbocycles. The van der Waals surface area contributed by atoms with Crippen LogP contribution in [-0.2, 0) is 11.3 Å². The van der Waals surface area contributed by atoms with Crippen molar-refractivity contribution in [3.8, 4) is 0 Å². The van der Waals surface area contributed by atoms with Crippen LogP contribution in [0.1, 0.15) is 31.7 Å². The van der Waals surface area contributed by atoms with Gasteiger partial charge in [-0.15, -0.1) is 0 Å². The molecule has 0 unspecified atom stereocenters. The molecule has 0 aliphatic carbocycles. The Bertz CT molecular complexity index is 504. The van der Waals surface area contributed by atoms with Gasteiger partial charge in [0.15, 0.2) is 0 Å². The number of hydrogen-bond acceptors (Lipinski definition) is 2. The molecule has 2 heterocycles. The smallest absolute Gasteiger partial charge is 0.220 e.